The highest BCUT2D eigenvalue weighted by Gasteiger charge is 2.37. The molecule has 1 fully saturated rings. The third kappa shape index (κ3) is 2.82. The Labute approximate surface area is 92.6 Å². The van der Waals surface area contributed by atoms with E-state index in [1.165, 1.54) is 12.8 Å². The first-order valence-electron chi connectivity index (χ1n) is 6.05. The molecule has 1 aliphatic heterocycles. The molecule has 0 aromatic carbocycles. The Morgan fingerprint density at radius 2 is 2.07 bits per heavy atom. The van der Waals surface area contributed by atoms with Gasteiger partial charge in [-0.05, 0) is 40.0 Å². The van der Waals surface area contributed by atoms with Crippen LogP contribution in [0.3, 0.4) is 0 Å². The van der Waals surface area contributed by atoms with Crippen molar-refractivity contribution in [2.24, 2.45) is 5.92 Å². The summed E-state index contributed by atoms with van der Waals surface area (Å²) in [5.74, 6) is 0.553. The predicted molar refractivity (Wildman–Crippen MR) is 60.6 cm³/mol. The average Bonchev–Trinajstić information content (AvgIpc) is 2.16. The maximum absolute atomic E-state index is 6.03. The molecule has 0 N–H and O–H groups in total. The molecule has 1 heterocycles. The number of hydrogen-bond donors (Lipinski definition) is 0. The highest BCUT2D eigenvalue weighted by molar-refractivity contribution is 4.92. The van der Waals surface area contributed by atoms with Gasteiger partial charge in [0, 0.05) is 12.3 Å². The van der Waals surface area contributed by atoms with Crippen molar-refractivity contribution in [3.63, 3.8) is 0 Å². The second kappa shape index (κ2) is 4.26. The molecule has 0 aromatic heterocycles. The molecule has 1 saturated heterocycles. The van der Waals surface area contributed by atoms with Crippen LogP contribution in [0.1, 0.15) is 46.5 Å². The van der Waals surface area contributed by atoms with E-state index in [1.54, 1.807) is 0 Å². The first-order valence-corrected chi connectivity index (χ1v) is 6.05. The summed E-state index contributed by atoms with van der Waals surface area (Å²) >= 11 is 0. The lowest BCUT2D eigenvalue weighted by atomic mass is 9.91. The number of ether oxygens (including phenoxy) is 2. The van der Waals surface area contributed by atoms with Crippen molar-refractivity contribution in [3.8, 4) is 0 Å². The SMILES string of the molecule is CC1CC(C)(C)OC(C2CC=CCC2)O1. The van der Waals surface area contributed by atoms with Crippen molar-refractivity contribution in [3.05, 3.63) is 12.2 Å². The summed E-state index contributed by atoms with van der Waals surface area (Å²) < 4.78 is 11.9. The summed E-state index contributed by atoms with van der Waals surface area (Å²) in [5.41, 5.74) is -0.0243. The molecule has 0 bridgehead atoms. The quantitative estimate of drug-likeness (QED) is 0.618. The molecule has 15 heavy (non-hydrogen) atoms. The zero-order valence-corrected chi connectivity index (χ0v) is 10.0. The van der Waals surface area contributed by atoms with E-state index in [-0.39, 0.29) is 11.9 Å². The highest BCUT2D eigenvalue weighted by Crippen LogP contribution is 2.34. The minimum Gasteiger partial charge on any atom is -0.349 e. The van der Waals surface area contributed by atoms with Gasteiger partial charge < -0.3 is 9.47 Å². The molecule has 2 nitrogen and oxygen atoms in total. The van der Waals surface area contributed by atoms with E-state index in [4.69, 9.17) is 9.47 Å². The first kappa shape index (κ1) is 11.2. The van der Waals surface area contributed by atoms with Crippen molar-refractivity contribution >= 4 is 0 Å². The smallest absolute Gasteiger partial charge is 0.161 e. The summed E-state index contributed by atoms with van der Waals surface area (Å²) in [6, 6.07) is 0. The van der Waals surface area contributed by atoms with Crippen LogP contribution in [-0.4, -0.2) is 18.0 Å². The Morgan fingerprint density at radius 3 is 2.67 bits per heavy atom. The van der Waals surface area contributed by atoms with Gasteiger partial charge in [0.2, 0.25) is 0 Å². The highest BCUT2D eigenvalue weighted by atomic mass is 16.7. The topological polar surface area (TPSA) is 18.5 Å². The lowest BCUT2D eigenvalue weighted by molar-refractivity contribution is -0.287. The number of hydrogen-bond acceptors (Lipinski definition) is 2. The van der Waals surface area contributed by atoms with Gasteiger partial charge in [0.15, 0.2) is 6.29 Å². The zero-order chi connectivity index (χ0) is 10.9. The predicted octanol–water partition coefficient (Wildman–Crippen LogP) is 3.27. The standard InChI is InChI=1S/C13H22O2/c1-10-9-13(2,3)15-12(14-10)11-7-5-4-6-8-11/h4-5,10-12H,6-9H2,1-3H3. The van der Waals surface area contributed by atoms with Crippen LogP contribution in [0.15, 0.2) is 12.2 Å². The second-order valence-electron chi connectivity index (χ2n) is 5.44. The molecular weight excluding hydrogens is 188 g/mol. The molecule has 3 unspecified atom stereocenters. The summed E-state index contributed by atoms with van der Waals surface area (Å²) in [5, 5.41) is 0. The van der Waals surface area contributed by atoms with Gasteiger partial charge in [0.05, 0.1) is 11.7 Å². The minimum atomic E-state index is -0.0243. The largest absolute Gasteiger partial charge is 0.349 e. The fourth-order valence-corrected chi connectivity index (χ4v) is 2.63. The van der Waals surface area contributed by atoms with Crippen molar-refractivity contribution in [2.75, 3.05) is 0 Å². The fraction of sp³-hybridized carbons (Fsp3) is 0.846. The molecular formula is C13H22O2. The summed E-state index contributed by atoms with van der Waals surface area (Å²) in [7, 11) is 0. The van der Waals surface area contributed by atoms with Crippen LogP contribution in [0.25, 0.3) is 0 Å². The van der Waals surface area contributed by atoms with Crippen LogP contribution in [0.2, 0.25) is 0 Å². The normalized spacial score (nSPS) is 40.3. The molecule has 2 aliphatic rings. The van der Waals surface area contributed by atoms with Gasteiger partial charge in [-0.15, -0.1) is 0 Å². The van der Waals surface area contributed by atoms with Gasteiger partial charge in [-0.1, -0.05) is 12.2 Å². The van der Waals surface area contributed by atoms with Gasteiger partial charge in [-0.2, -0.15) is 0 Å². The van der Waals surface area contributed by atoms with Gasteiger partial charge in [0.1, 0.15) is 0 Å². The van der Waals surface area contributed by atoms with E-state index < -0.39 is 0 Å². The third-order valence-electron chi connectivity index (χ3n) is 3.28. The van der Waals surface area contributed by atoms with Gasteiger partial charge in [-0.3, -0.25) is 0 Å². The van der Waals surface area contributed by atoms with E-state index in [0.29, 0.717) is 12.0 Å². The molecule has 86 valence electrons. The molecule has 0 saturated carbocycles. The third-order valence-corrected chi connectivity index (χ3v) is 3.28. The Bertz CT molecular complexity index is 245. The Kier molecular flexibility index (Phi) is 3.17. The van der Waals surface area contributed by atoms with Crippen LogP contribution in [0, 0.1) is 5.92 Å². The lowest BCUT2D eigenvalue weighted by Gasteiger charge is -2.42. The van der Waals surface area contributed by atoms with Gasteiger partial charge >= 0.3 is 0 Å². The molecule has 3 atom stereocenters. The van der Waals surface area contributed by atoms with Crippen molar-refractivity contribution in [1.29, 1.82) is 0 Å². The van der Waals surface area contributed by atoms with Crippen molar-refractivity contribution in [2.45, 2.75) is 64.4 Å². The summed E-state index contributed by atoms with van der Waals surface area (Å²) in [6.07, 6.45) is 9.31. The Hall–Kier alpha value is -0.340. The number of allylic oxidation sites excluding steroid dienone is 2. The first-order chi connectivity index (χ1) is 7.07. The molecule has 2 heteroatoms. The monoisotopic (exact) mass is 210 g/mol. The van der Waals surface area contributed by atoms with Gasteiger partial charge in [-0.25, -0.2) is 0 Å². The van der Waals surface area contributed by atoms with E-state index in [1.807, 2.05) is 0 Å². The van der Waals surface area contributed by atoms with Crippen LogP contribution in [0.4, 0.5) is 0 Å². The molecule has 2 rings (SSSR count). The molecule has 0 aromatic rings. The fourth-order valence-electron chi connectivity index (χ4n) is 2.63. The zero-order valence-electron chi connectivity index (χ0n) is 10.0. The number of rotatable bonds is 1. The van der Waals surface area contributed by atoms with Crippen molar-refractivity contribution in [1.82, 2.24) is 0 Å². The van der Waals surface area contributed by atoms with E-state index in [0.717, 1.165) is 12.8 Å². The van der Waals surface area contributed by atoms with Crippen LogP contribution < -0.4 is 0 Å². The van der Waals surface area contributed by atoms with E-state index in [9.17, 15) is 0 Å². The summed E-state index contributed by atoms with van der Waals surface area (Å²) in [4.78, 5) is 0. The van der Waals surface area contributed by atoms with Crippen LogP contribution in [-0.2, 0) is 9.47 Å². The Balaban J connectivity index is 1.99. The molecule has 0 radical (unpaired) electrons. The maximum Gasteiger partial charge on any atom is 0.161 e. The van der Waals surface area contributed by atoms with Crippen LogP contribution >= 0.6 is 0 Å². The second-order valence-corrected chi connectivity index (χ2v) is 5.44. The van der Waals surface area contributed by atoms with E-state index in [2.05, 4.69) is 32.9 Å². The molecule has 1 aliphatic carbocycles. The van der Waals surface area contributed by atoms with Crippen molar-refractivity contribution < 1.29 is 9.47 Å². The molecule has 0 spiro atoms. The lowest BCUT2D eigenvalue weighted by Crippen LogP contribution is -2.46. The molecule has 0 amide bonds. The minimum absolute atomic E-state index is 0.00806. The van der Waals surface area contributed by atoms with Crippen LogP contribution in [0.5, 0.6) is 0 Å². The maximum atomic E-state index is 6.03. The Morgan fingerprint density at radius 1 is 1.27 bits per heavy atom. The summed E-state index contributed by atoms with van der Waals surface area (Å²) in [6.45, 7) is 6.48. The average molecular weight is 210 g/mol. The van der Waals surface area contributed by atoms with E-state index >= 15 is 0 Å². The van der Waals surface area contributed by atoms with Gasteiger partial charge in [0.25, 0.3) is 0 Å².